The minimum Gasteiger partial charge on any atom is -0.486 e. The molecule has 0 bridgehead atoms. The summed E-state index contributed by atoms with van der Waals surface area (Å²) in [5.41, 5.74) is 8.35. The van der Waals surface area contributed by atoms with Crippen LogP contribution in [0.4, 0.5) is 5.95 Å². The van der Waals surface area contributed by atoms with E-state index in [4.69, 9.17) is 10.5 Å². The molecule has 5 rings (SSSR count). The first kappa shape index (κ1) is 19.0. The summed E-state index contributed by atoms with van der Waals surface area (Å²) in [5, 5.41) is 0. The van der Waals surface area contributed by atoms with Crippen molar-refractivity contribution in [3.05, 3.63) is 46.8 Å². The molecule has 0 radical (unpaired) electrons. The number of carbonyl (C=O) groups is 2. The second-order valence-electron chi connectivity index (χ2n) is 8.59. The molecule has 7 nitrogen and oxygen atoms in total. The maximum absolute atomic E-state index is 13.4. The molecule has 30 heavy (non-hydrogen) atoms. The van der Waals surface area contributed by atoms with E-state index in [9.17, 15) is 9.59 Å². The zero-order chi connectivity index (χ0) is 20.7. The fourth-order valence-corrected chi connectivity index (χ4v) is 5.03. The van der Waals surface area contributed by atoms with Crippen LogP contribution >= 0.6 is 0 Å². The number of aromatic nitrogens is 2. The van der Waals surface area contributed by atoms with E-state index in [-0.39, 0.29) is 17.6 Å². The van der Waals surface area contributed by atoms with Gasteiger partial charge in [-0.25, -0.2) is 9.97 Å². The van der Waals surface area contributed by atoms with Crippen molar-refractivity contribution >= 4 is 17.6 Å². The quantitative estimate of drug-likeness (QED) is 0.782. The number of nitrogens with zero attached hydrogens (tertiary/aromatic N) is 3. The average molecular weight is 406 g/mol. The van der Waals surface area contributed by atoms with Gasteiger partial charge in [0.1, 0.15) is 17.0 Å². The molecule has 2 aromatic rings. The maximum atomic E-state index is 13.4. The van der Waals surface area contributed by atoms with E-state index in [1.807, 2.05) is 29.2 Å². The Morgan fingerprint density at radius 1 is 1.07 bits per heavy atom. The standard InChI is InChI=1S/C23H26N4O3/c24-22-25-17-8-3-1-6-15(17)20(26-22)21(29)27-12-5-10-23(11-13-27)14-18(28)16-7-2-4-9-19(16)30-23/h2,4,7,9H,1,3,5-6,8,10-14H2,(H2,24,25,26). The van der Waals surface area contributed by atoms with E-state index in [0.29, 0.717) is 42.9 Å². The van der Waals surface area contributed by atoms with Crippen molar-refractivity contribution in [3.8, 4) is 5.75 Å². The van der Waals surface area contributed by atoms with Crippen LogP contribution in [0.3, 0.4) is 0 Å². The van der Waals surface area contributed by atoms with Gasteiger partial charge in [-0.2, -0.15) is 0 Å². The van der Waals surface area contributed by atoms with E-state index in [2.05, 4.69) is 9.97 Å². The zero-order valence-corrected chi connectivity index (χ0v) is 17.0. The predicted octanol–water partition coefficient (Wildman–Crippen LogP) is 2.97. The second kappa shape index (κ2) is 7.38. The van der Waals surface area contributed by atoms with Crippen molar-refractivity contribution in [2.75, 3.05) is 18.8 Å². The Kier molecular flexibility index (Phi) is 4.68. The van der Waals surface area contributed by atoms with Crippen LogP contribution in [0.25, 0.3) is 0 Å². The van der Waals surface area contributed by atoms with E-state index in [1.165, 1.54) is 0 Å². The number of Topliss-reactive ketones (excluding diaryl/α,β-unsaturated/α-hetero) is 1. The molecule has 1 amide bonds. The average Bonchev–Trinajstić information content (AvgIpc) is 2.95. The van der Waals surface area contributed by atoms with Gasteiger partial charge in [0.25, 0.3) is 5.91 Å². The molecule has 1 spiro atoms. The summed E-state index contributed by atoms with van der Waals surface area (Å²) in [6, 6.07) is 7.43. The third kappa shape index (κ3) is 3.32. The van der Waals surface area contributed by atoms with Crippen molar-refractivity contribution in [2.24, 2.45) is 0 Å². The van der Waals surface area contributed by atoms with E-state index < -0.39 is 5.60 Å². The smallest absolute Gasteiger partial charge is 0.272 e. The first-order chi connectivity index (χ1) is 14.5. The van der Waals surface area contributed by atoms with E-state index in [1.54, 1.807) is 0 Å². The maximum Gasteiger partial charge on any atom is 0.272 e. The lowest BCUT2D eigenvalue weighted by Gasteiger charge is -2.37. The lowest BCUT2D eigenvalue weighted by atomic mass is 9.84. The Morgan fingerprint density at radius 3 is 2.80 bits per heavy atom. The number of aryl methyl sites for hydroxylation is 1. The van der Waals surface area contributed by atoms with E-state index in [0.717, 1.165) is 49.8 Å². The van der Waals surface area contributed by atoms with Crippen LogP contribution in [0.1, 0.15) is 70.6 Å². The number of carbonyl (C=O) groups excluding carboxylic acids is 2. The van der Waals surface area contributed by atoms with Crippen molar-refractivity contribution in [1.29, 1.82) is 0 Å². The second-order valence-corrected chi connectivity index (χ2v) is 8.59. The number of hydrogen-bond donors (Lipinski definition) is 1. The van der Waals surface area contributed by atoms with Crippen molar-refractivity contribution in [1.82, 2.24) is 14.9 Å². The Bertz CT molecular complexity index is 1020. The topological polar surface area (TPSA) is 98.4 Å². The molecule has 1 saturated heterocycles. The summed E-state index contributed by atoms with van der Waals surface area (Å²) in [4.78, 5) is 36.6. The van der Waals surface area contributed by atoms with Crippen LogP contribution in [-0.2, 0) is 12.8 Å². The highest BCUT2D eigenvalue weighted by atomic mass is 16.5. The highest BCUT2D eigenvalue weighted by molar-refractivity contribution is 6.00. The summed E-state index contributed by atoms with van der Waals surface area (Å²) in [6.45, 7) is 1.16. The third-order valence-corrected chi connectivity index (χ3v) is 6.58. The highest BCUT2D eigenvalue weighted by Crippen LogP contribution is 2.39. The molecule has 0 saturated carbocycles. The Labute approximate surface area is 175 Å². The normalized spacial score (nSPS) is 23.3. The highest BCUT2D eigenvalue weighted by Gasteiger charge is 2.42. The van der Waals surface area contributed by atoms with Crippen molar-refractivity contribution in [2.45, 2.75) is 57.0 Å². The molecule has 1 unspecified atom stereocenters. The molecule has 3 aliphatic rings. The summed E-state index contributed by atoms with van der Waals surface area (Å²) in [6.07, 6.45) is 6.30. The van der Waals surface area contributed by atoms with Gasteiger partial charge in [-0.3, -0.25) is 9.59 Å². The van der Waals surface area contributed by atoms with Gasteiger partial charge in [0.15, 0.2) is 5.78 Å². The van der Waals surface area contributed by atoms with Gasteiger partial charge in [0.05, 0.1) is 12.0 Å². The Hall–Kier alpha value is -2.96. The monoisotopic (exact) mass is 406 g/mol. The number of anilines is 1. The van der Waals surface area contributed by atoms with Gasteiger partial charge in [-0.15, -0.1) is 0 Å². The zero-order valence-electron chi connectivity index (χ0n) is 17.0. The summed E-state index contributed by atoms with van der Waals surface area (Å²) in [7, 11) is 0. The molecule has 2 aliphatic heterocycles. The Balaban J connectivity index is 1.38. The lowest BCUT2D eigenvalue weighted by molar-refractivity contribution is 0.0300. The SMILES string of the molecule is Nc1nc2c(c(C(=O)N3CCCC4(CC3)CC(=O)c3ccccc3O4)n1)CCCC2. The summed E-state index contributed by atoms with van der Waals surface area (Å²) in [5.74, 6) is 0.866. The molecule has 7 heteroatoms. The molecule has 1 atom stereocenters. The van der Waals surface area contributed by atoms with Crippen LogP contribution in [0.5, 0.6) is 5.75 Å². The first-order valence-corrected chi connectivity index (χ1v) is 10.8. The molecule has 1 fully saturated rings. The fourth-order valence-electron chi connectivity index (χ4n) is 5.03. The van der Waals surface area contributed by atoms with E-state index >= 15 is 0 Å². The molecule has 2 N–H and O–H groups in total. The van der Waals surface area contributed by atoms with Crippen LogP contribution in [0.15, 0.2) is 24.3 Å². The van der Waals surface area contributed by atoms with Crippen LogP contribution < -0.4 is 10.5 Å². The van der Waals surface area contributed by atoms with Crippen LogP contribution in [0.2, 0.25) is 0 Å². The van der Waals surface area contributed by atoms with Gasteiger partial charge in [0, 0.05) is 30.8 Å². The van der Waals surface area contributed by atoms with Crippen LogP contribution in [-0.4, -0.2) is 45.2 Å². The number of benzene rings is 1. The minimum absolute atomic E-state index is 0.0816. The Morgan fingerprint density at radius 2 is 1.90 bits per heavy atom. The van der Waals surface area contributed by atoms with Gasteiger partial charge in [-0.05, 0) is 50.7 Å². The number of para-hydroxylation sites is 1. The summed E-state index contributed by atoms with van der Waals surface area (Å²) >= 11 is 0. The number of fused-ring (bicyclic) bond motifs is 2. The third-order valence-electron chi connectivity index (χ3n) is 6.58. The molecule has 156 valence electrons. The first-order valence-electron chi connectivity index (χ1n) is 10.8. The van der Waals surface area contributed by atoms with Crippen LogP contribution in [0, 0.1) is 0 Å². The molecule has 1 aliphatic carbocycles. The van der Waals surface area contributed by atoms with Gasteiger partial charge < -0.3 is 15.4 Å². The number of likely N-dealkylation sites (tertiary alicyclic amines) is 1. The van der Waals surface area contributed by atoms with Gasteiger partial charge in [-0.1, -0.05) is 12.1 Å². The number of amides is 1. The van der Waals surface area contributed by atoms with Crippen molar-refractivity contribution < 1.29 is 14.3 Å². The minimum atomic E-state index is -0.537. The fraction of sp³-hybridized carbons (Fsp3) is 0.478. The number of ether oxygens (including phenoxy) is 1. The number of nitrogen functional groups attached to an aromatic ring is 1. The largest absolute Gasteiger partial charge is 0.486 e. The number of ketones is 1. The van der Waals surface area contributed by atoms with Crippen molar-refractivity contribution in [3.63, 3.8) is 0 Å². The number of hydrogen-bond acceptors (Lipinski definition) is 6. The lowest BCUT2D eigenvalue weighted by Crippen LogP contribution is -2.43. The molecular weight excluding hydrogens is 380 g/mol. The molecular formula is C23H26N4O3. The molecule has 1 aromatic heterocycles. The van der Waals surface area contributed by atoms with Gasteiger partial charge >= 0.3 is 0 Å². The number of rotatable bonds is 1. The molecule has 3 heterocycles. The predicted molar refractivity (Wildman–Crippen MR) is 112 cm³/mol. The summed E-state index contributed by atoms with van der Waals surface area (Å²) < 4.78 is 6.35. The number of nitrogens with two attached hydrogens (primary N) is 1. The van der Waals surface area contributed by atoms with Gasteiger partial charge in [0.2, 0.25) is 5.95 Å². The molecule has 1 aromatic carbocycles.